The van der Waals surface area contributed by atoms with Gasteiger partial charge in [-0.25, -0.2) is 0 Å². The zero-order valence-electron chi connectivity index (χ0n) is 48.7. The molecule has 8 atom stereocenters. The van der Waals surface area contributed by atoms with Gasteiger partial charge in [0.2, 0.25) is 23.6 Å². The Bertz CT molecular complexity index is 1830. The molecule has 4 heterocycles. The maximum atomic E-state index is 13.4. The molecular formula is C61H106N6O10. The van der Waals surface area contributed by atoms with E-state index in [-0.39, 0.29) is 73.0 Å². The highest BCUT2D eigenvalue weighted by Crippen LogP contribution is 2.37. The molecule has 16 nitrogen and oxygen atoms in total. The van der Waals surface area contributed by atoms with Gasteiger partial charge in [-0.1, -0.05) is 162 Å². The van der Waals surface area contributed by atoms with E-state index >= 15 is 0 Å². The molecule has 4 amide bonds. The van der Waals surface area contributed by atoms with Gasteiger partial charge in [0.15, 0.2) is 0 Å². The summed E-state index contributed by atoms with van der Waals surface area (Å²) in [6.45, 7) is 16.7. The highest BCUT2D eigenvalue weighted by atomic mass is 16.6. The van der Waals surface area contributed by atoms with Crippen LogP contribution in [0.25, 0.3) is 0 Å². The van der Waals surface area contributed by atoms with Gasteiger partial charge in [-0.3, -0.25) is 48.2 Å². The molecule has 440 valence electrons. The average molecular weight is 1080 g/mol. The minimum absolute atomic E-state index is 0.0225. The first kappa shape index (κ1) is 69.0. The molecule has 8 N–H and O–H groups in total. The number of carbonyl (C=O) groups excluding carboxylic acids is 8. The van der Waals surface area contributed by atoms with Crippen LogP contribution in [-0.4, -0.2) is 96.6 Å². The van der Waals surface area contributed by atoms with E-state index in [1.165, 1.54) is 99.7 Å². The van der Waals surface area contributed by atoms with Gasteiger partial charge in [0.05, 0.1) is 36.5 Å². The maximum Gasteiger partial charge on any atom is 0.321 e. The van der Waals surface area contributed by atoms with Gasteiger partial charge in [0, 0.05) is 25.9 Å². The molecule has 0 bridgehead atoms. The zero-order valence-corrected chi connectivity index (χ0v) is 48.7. The number of likely N-dealkylation sites (tertiary alicyclic amines) is 2. The summed E-state index contributed by atoms with van der Waals surface area (Å²) in [7, 11) is 0. The van der Waals surface area contributed by atoms with Gasteiger partial charge < -0.3 is 32.4 Å². The molecule has 16 heteroatoms. The first-order chi connectivity index (χ1) is 36.9. The molecule has 0 aromatic carbocycles. The standard InChI is InChI=1S/C33H58N4O4.C17H22O6.C11H26N2/c1-25(2)22-26(3)28(29-24-31(39)37(33(29)41)21-15-11-13-19-35)17-16-27-23-30(38)36(32(27)40)20-14-10-8-6-4-5-7-9-12-18-34;1-9(2)6-10(3)12(13-8-15(19)23-17(13)21)5-4-11-7-14(18)22-16(11)20;12-10-8-6-4-2-1-3-5-7-9-11-13/h16-17,25-29H,4-15,18-24,34-35H2,1-3H3;4-5,9-13H,6-8H2,1-3H3;1-13H2. The molecule has 4 fully saturated rings. The van der Waals surface area contributed by atoms with Crippen LogP contribution in [0.1, 0.15) is 215 Å². The van der Waals surface area contributed by atoms with Gasteiger partial charge in [0.25, 0.3) is 0 Å². The number of esters is 4. The smallest absolute Gasteiger partial charge is 0.321 e. The van der Waals surface area contributed by atoms with E-state index in [2.05, 4.69) is 44.1 Å². The second-order valence-electron chi connectivity index (χ2n) is 23.3. The molecule has 4 aliphatic rings. The lowest BCUT2D eigenvalue weighted by atomic mass is 9.77. The van der Waals surface area contributed by atoms with Crippen LogP contribution >= 0.6 is 0 Å². The molecule has 0 aromatic heterocycles. The molecule has 0 saturated carbocycles. The minimum Gasteiger partial charge on any atom is -0.393 e. The highest BCUT2D eigenvalue weighted by Gasteiger charge is 2.45. The van der Waals surface area contributed by atoms with Gasteiger partial charge >= 0.3 is 23.9 Å². The van der Waals surface area contributed by atoms with E-state index in [4.69, 9.17) is 22.9 Å². The van der Waals surface area contributed by atoms with E-state index in [1.807, 2.05) is 19.1 Å². The quantitative estimate of drug-likeness (QED) is 0.0147. The summed E-state index contributed by atoms with van der Waals surface area (Å²) in [5, 5.41) is 0. The van der Waals surface area contributed by atoms with Crippen molar-refractivity contribution in [2.24, 2.45) is 82.1 Å². The topological polar surface area (TPSA) is 266 Å². The second kappa shape index (κ2) is 40.1. The van der Waals surface area contributed by atoms with Crippen molar-refractivity contribution in [3.8, 4) is 0 Å². The Kier molecular flexibility index (Phi) is 35.9. The first-order valence-corrected chi connectivity index (χ1v) is 30.2. The van der Waals surface area contributed by atoms with Crippen LogP contribution in [0.4, 0.5) is 0 Å². The molecule has 4 aliphatic heterocycles. The zero-order chi connectivity index (χ0) is 57.1. The summed E-state index contributed by atoms with van der Waals surface area (Å²) in [6.07, 6.45) is 34.3. The molecule has 0 aliphatic carbocycles. The number of allylic oxidation sites excluding steroid dienone is 2. The van der Waals surface area contributed by atoms with E-state index in [0.29, 0.717) is 31.5 Å². The second-order valence-corrected chi connectivity index (χ2v) is 23.3. The fourth-order valence-electron chi connectivity index (χ4n) is 11.3. The molecule has 0 radical (unpaired) electrons. The number of nitrogens with two attached hydrogens (primary N) is 4. The van der Waals surface area contributed by atoms with Crippen LogP contribution in [0.5, 0.6) is 0 Å². The van der Waals surface area contributed by atoms with Crippen LogP contribution in [0, 0.1) is 59.2 Å². The average Bonchev–Trinajstić information content (AvgIpc) is 4.07. The lowest BCUT2D eigenvalue weighted by Gasteiger charge is -2.27. The van der Waals surface area contributed by atoms with Gasteiger partial charge in [-0.05, 0) is 113 Å². The Labute approximate surface area is 464 Å². The number of imide groups is 2. The fourth-order valence-corrected chi connectivity index (χ4v) is 11.3. The lowest BCUT2D eigenvalue weighted by molar-refractivity contribution is -0.154. The highest BCUT2D eigenvalue weighted by molar-refractivity contribution is 6.05. The Morgan fingerprint density at radius 1 is 0.416 bits per heavy atom. The number of hydrogen-bond donors (Lipinski definition) is 4. The van der Waals surface area contributed by atoms with Crippen molar-refractivity contribution >= 4 is 47.5 Å². The van der Waals surface area contributed by atoms with Crippen molar-refractivity contribution < 1.29 is 47.8 Å². The summed E-state index contributed by atoms with van der Waals surface area (Å²) in [5.74, 6) is -3.73. The van der Waals surface area contributed by atoms with Gasteiger partial charge in [0.1, 0.15) is 0 Å². The SMILES string of the molecule is CC(C)CC(C)C(C=CC1CC(=O)N(CCCCCCCCCCCN)C1=O)C1CC(=O)N(CCCCCN)C1=O.CC(C)CC(C)C(C=CC1CC(=O)OC1=O)C1CC(=O)OC1=O.NCCCCCCCCCCCN. The van der Waals surface area contributed by atoms with Crippen LogP contribution < -0.4 is 22.9 Å². The summed E-state index contributed by atoms with van der Waals surface area (Å²) in [4.78, 5) is 101. The molecule has 0 aromatic rings. The fraction of sp³-hybridized carbons (Fsp3) is 0.803. The van der Waals surface area contributed by atoms with Crippen molar-refractivity contribution in [2.75, 3.05) is 39.3 Å². The normalized spacial score (nSPS) is 21.4. The van der Waals surface area contributed by atoms with Gasteiger partial charge in [-0.2, -0.15) is 0 Å². The first-order valence-electron chi connectivity index (χ1n) is 30.2. The van der Waals surface area contributed by atoms with Crippen molar-refractivity contribution in [1.29, 1.82) is 0 Å². The van der Waals surface area contributed by atoms with Crippen molar-refractivity contribution in [3.63, 3.8) is 0 Å². The number of hydrogen-bond acceptors (Lipinski definition) is 14. The van der Waals surface area contributed by atoms with E-state index in [0.717, 1.165) is 77.4 Å². The number of ether oxygens (including phenoxy) is 2. The third kappa shape index (κ3) is 27.1. The third-order valence-corrected chi connectivity index (χ3v) is 15.5. The molecule has 4 saturated heterocycles. The van der Waals surface area contributed by atoms with Crippen LogP contribution in [0.15, 0.2) is 24.3 Å². The minimum atomic E-state index is -0.607. The molecule has 0 spiro atoms. The van der Waals surface area contributed by atoms with Crippen molar-refractivity contribution in [2.45, 2.75) is 215 Å². The Morgan fingerprint density at radius 2 is 0.766 bits per heavy atom. The largest absolute Gasteiger partial charge is 0.393 e. The number of carbonyl (C=O) groups is 8. The predicted molar refractivity (Wildman–Crippen MR) is 304 cm³/mol. The number of nitrogens with zero attached hydrogens (tertiary/aromatic N) is 2. The summed E-state index contributed by atoms with van der Waals surface area (Å²) in [5.41, 5.74) is 21.9. The molecule has 4 rings (SSSR count). The van der Waals surface area contributed by atoms with Crippen LogP contribution in [0.3, 0.4) is 0 Å². The lowest BCUT2D eigenvalue weighted by Crippen LogP contribution is -2.34. The van der Waals surface area contributed by atoms with Crippen LogP contribution in [-0.2, 0) is 47.8 Å². The Balaban J connectivity index is 0.000000468. The maximum absolute atomic E-state index is 13.4. The Hall–Kier alpha value is -4.12. The van der Waals surface area contributed by atoms with Crippen molar-refractivity contribution in [1.82, 2.24) is 9.80 Å². The summed E-state index contributed by atoms with van der Waals surface area (Å²) < 4.78 is 9.18. The van der Waals surface area contributed by atoms with E-state index in [9.17, 15) is 38.4 Å². The van der Waals surface area contributed by atoms with Crippen molar-refractivity contribution in [3.05, 3.63) is 24.3 Å². The third-order valence-electron chi connectivity index (χ3n) is 15.5. The number of cyclic esters (lactones) is 4. The number of unbranched alkanes of at least 4 members (excludes halogenated alkanes) is 18. The molecule has 77 heavy (non-hydrogen) atoms. The number of rotatable bonds is 38. The van der Waals surface area contributed by atoms with Crippen LogP contribution in [0.2, 0.25) is 0 Å². The van der Waals surface area contributed by atoms with E-state index < -0.39 is 47.5 Å². The Morgan fingerprint density at radius 3 is 1.16 bits per heavy atom. The predicted octanol–water partition coefficient (Wildman–Crippen LogP) is 9.62. The molecule has 8 unspecified atom stereocenters. The summed E-state index contributed by atoms with van der Waals surface area (Å²) >= 11 is 0. The molecular weight excluding hydrogens is 977 g/mol. The number of amides is 4. The monoisotopic (exact) mass is 1080 g/mol. The summed E-state index contributed by atoms with van der Waals surface area (Å²) in [6, 6.07) is 0. The van der Waals surface area contributed by atoms with Gasteiger partial charge in [-0.15, -0.1) is 0 Å². The van der Waals surface area contributed by atoms with E-state index in [1.54, 1.807) is 12.2 Å².